The number of benzene rings is 1. The quantitative estimate of drug-likeness (QED) is 0.144. The van der Waals surface area contributed by atoms with Gasteiger partial charge in [0.05, 0.1) is 22.2 Å². The van der Waals surface area contributed by atoms with Crippen LogP contribution in [-0.2, 0) is 62.0 Å². The molecule has 0 bridgehead atoms. The summed E-state index contributed by atoms with van der Waals surface area (Å²) in [6.45, 7) is 2.74. The van der Waals surface area contributed by atoms with Crippen molar-refractivity contribution in [1.82, 2.24) is 0 Å². The molecular weight excluding hydrogens is 599 g/mol. The molecule has 0 spiro atoms. The van der Waals surface area contributed by atoms with Crippen molar-refractivity contribution in [1.29, 1.82) is 0 Å². The molecule has 0 heterocycles. The van der Waals surface area contributed by atoms with Crippen LogP contribution in [0.1, 0.15) is 27.7 Å². The van der Waals surface area contributed by atoms with Gasteiger partial charge in [0.25, 0.3) is 10.1 Å². The summed E-state index contributed by atoms with van der Waals surface area (Å²) in [5, 5.41) is -0.717. The normalized spacial score (nSPS) is 14.3. The molecule has 0 saturated carbocycles. The number of ether oxygens (including phenoxy) is 5. The topological polar surface area (TPSA) is 175 Å². The number of hydrogen-bond donors (Lipinski definition) is 0. The Balaban J connectivity index is 3.77. The molecule has 0 radical (unpaired) electrons. The Bertz CT molecular complexity index is 1190. The van der Waals surface area contributed by atoms with Crippen molar-refractivity contribution >= 4 is 74.8 Å². The van der Waals surface area contributed by atoms with Crippen LogP contribution in [0.4, 0.5) is 0 Å². The van der Waals surface area contributed by atoms with Gasteiger partial charge in [-0.15, -0.1) is 0 Å². The van der Waals surface area contributed by atoms with Gasteiger partial charge in [-0.25, -0.2) is 4.79 Å². The fourth-order valence-corrected chi connectivity index (χ4v) is 4.92. The van der Waals surface area contributed by atoms with E-state index in [1.165, 1.54) is 0 Å². The van der Waals surface area contributed by atoms with E-state index in [4.69, 9.17) is 57.9 Å². The predicted octanol–water partition coefficient (Wildman–Crippen LogP) is 2.25. The maximum atomic E-state index is 13.2. The highest BCUT2D eigenvalue weighted by Gasteiger charge is 2.48. The lowest BCUT2D eigenvalue weighted by atomic mass is 10.0. The lowest BCUT2D eigenvalue weighted by Gasteiger charge is -2.34. The molecule has 212 valence electrons. The third kappa shape index (κ3) is 9.91. The second kappa shape index (κ2) is 14.5. The minimum Gasteiger partial charge on any atom is -0.466 e. The number of carbonyl (C=O) groups excluding carboxylic acids is 5. The smallest absolute Gasteiger partial charge is 0.351 e. The molecule has 4 atom stereocenters. The minimum atomic E-state index is -4.92. The van der Waals surface area contributed by atoms with Gasteiger partial charge >= 0.3 is 29.8 Å². The zero-order chi connectivity index (χ0) is 29.4. The van der Waals surface area contributed by atoms with Crippen LogP contribution in [0.3, 0.4) is 0 Å². The maximum Gasteiger partial charge on any atom is 0.351 e. The van der Waals surface area contributed by atoms with Crippen LogP contribution in [-0.4, -0.2) is 76.4 Å². The molecular formula is C21H23Cl3O13S. The molecule has 13 nitrogen and oxygen atoms in total. The molecule has 0 amide bonds. The van der Waals surface area contributed by atoms with Crippen LogP contribution < -0.4 is 0 Å². The average molecular weight is 622 g/mol. The first-order chi connectivity index (χ1) is 17.5. The van der Waals surface area contributed by atoms with Crippen molar-refractivity contribution in [2.24, 2.45) is 0 Å². The van der Waals surface area contributed by atoms with Crippen molar-refractivity contribution in [3.8, 4) is 0 Å². The molecule has 0 aliphatic rings. The highest BCUT2D eigenvalue weighted by Crippen LogP contribution is 2.33. The van der Waals surface area contributed by atoms with Gasteiger partial charge in [0.15, 0.2) is 18.3 Å². The molecule has 0 unspecified atom stereocenters. The number of methoxy groups -OCH3 is 1. The monoisotopic (exact) mass is 620 g/mol. The molecule has 1 aromatic rings. The molecule has 0 aliphatic carbocycles. The summed E-state index contributed by atoms with van der Waals surface area (Å²) < 4.78 is 56.1. The predicted molar refractivity (Wildman–Crippen MR) is 129 cm³/mol. The van der Waals surface area contributed by atoms with Crippen LogP contribution in [0.25, 0.3) is 0 Å². The van der Waals surface area contributed by atoms with E-state index in [0.29, 0.717) is 0 Å². The molecule has 0 fully saturated rings. The van der Waals surface area contributed by atoms with Crippen molar-refractivity contribution in [3.63, 3.8) is 0 Å². The zero-order valence-corrected chi connectivity index (χ0v) is 23.6. The van der Waals surface area contributed by atoms with Gasteiger partial charge in [0, 0.05) is 27.7 Å². The van der Waals surface area contributed by atoms with Crippen molar-refractivity contribution in [2.75, 3.05) is 13.7 Å². The highest BCUT2D eigenvalue weighted by molar-refractivity contribution is 7.87. The highest BCUT2D eigenvalue weighted by atomic mass is 35.5. The molecule has 1 aromatic carbocycles. The SMILES string of the molecule is COC(=O)[C@H](OC(C)=O)[C@@H](OC(C)=O)[C@H](OC(C)=O)[C@@H](COC(C)=O)OS(=O)(=O)c1cc(Cl)c(Cl)cc1Cl. The molecule has 0 aliphatic heterocycles. The lowest BCUT2D eigenvalue weighted by Crippen LogP contribution is -2.55. The number of rotatable bonds is 12. The molecule has 0 N–H and O–H groups in total. The van der Waals surface area contributed by atoms with E-state index in [-0.39, 0.29) is 10.0 Å². The largest absolute Gasteiger partial charge is 0.466 e. The first-order valence-electron chi connectivity index (χ1n) is 10.3. The van der Waals surface area contributed by atoms with Crippen LogP contribution in [0.15, 0.2) is 17.0 Å². The first-order valence-corrected chi connectivity index (χ1v) is 12.8. The lowest BCUT2D eigenvalue weighted by molar-refractivity contribution is -0.201. The van der Waals surface area contributed by atoms with Crippen LogP contribution in [0.5, 0.6) is 0 Å². The van der Waals surface area contributed by atoms with Crippen molar-refractivity contribution in [2.45, 2.75) is 57.0 Å². The maximum absolute atomic E-state index is 13.2. The Morgan fingerprint density at radius 2 is 1.26 bits per heavy atom. The summed E-state index contributed by atoms with van der Waals surface area (Å²) in [4.78, 5) is 58.9. The van der Waals surface area contributed by atoms with E-state index in [1.807, 2.05) is 0 Å². The van der Waals surface area contributed by atoms with Crippen molar-refractivity contribution in [3.05, 3.63) is 27.2 Å². The Labute approximate surface area is 232 Å². The third-order valence-electron chi connectivity index (χ3n) is 4.26. The van der Waals surface area contributed by atoms with E-state index in [9.17, 15) is 32.4 Å². The van der Waals surface area contributed by atoms with Gasteiger partial charge in [0.2, 0.25) is 6.10 Å². The van der Waals surface area contributed by atoms with Crippen molar-refractivity contribution < 1.29 is 60.3 Å². The van der Waals surface area contributed by atoms with E-state index in [0.717, 1.165) is 46.9 Å². The number of carbonyl (C=O) groups is 5. The summed E-state index contributed by atoms with van der Waals surface area (Å²) in [6, 6.07) is 1.88. The van der Waals surface area contributed by atoms with Gasteiger partial charge < -0.3 is 23.7 Å². The fraction of sp³-hybridized carbons (Fsp3) is 0.476. The van der Waals surface area contributed by atoms with Crippen LogP contribution >= 0.6 is 34.8 Å². The summed E-state index contributed by atoms with van der Waals surface area (Å²) >= 11 is 17.7. The summed E-state index contributed by atoms with van der Waals surface area (Å²) in [5.74, 6) is -5.40. The number of halogens is 3. The second-order valence-electron chi connectivity index (χ2n) is 7.29. The molecule has 38 heavy (non-hydrogen) atoms. The van der Waals surface area contributed by atoms with Gasteiger partial charge in [-0.3, -0.25) is 23.4 Å². The molecule has 0 saturated heterocycles. The first kappa shape index (κ1) is 33.4. The third-order valence-corrected chi connectivity index (χ3v) is 6.79. The van der Waals surface area contributed by atoms with E-state index in [2.05, 4.69) is 4.74 Å². The second-order valence-corrected chi connectivity index (χ2v) is 10.1. The van der Waals surface area contributed by atoms with Gasteiger partial charge in [-0.05, 0) is 12.1 Å². The Morgan fingerprint density at radius 3 is 1.74 bits per heavy atom. The van der Waals surface area contributed by atoms with E-state index >= 15 is 0 Å². The van der Waals surface area contributed by atoms with Gasteiger partial charge in [-0.2, -0.15) is 8.42 Å². The van der Waals surface area contributed by atoms with Gasteiger partial charge in [-0.1, -0.05) is 34.8 Å². The Hall–Kier alpha value is -2.65. The standard InChI is InChI=1S/C21H23Cl3O13S/c1-9(25)33-8-16(37-38(30,31)17-7-14(23)13(22)6-15(17)24)18(34-10(2)26)19(35-11(3)27)20(21(29)32-5)36-12(4)28/h6-7,16,18-20H,8H2,1-5H3/t16-,18-,19+,20-/m1/s1. The van der Waals surface area contributed by atoms with Gasteiger partial charge in [0.1, 0.15) is 11.5 Å². The summed E-state index contributed by atoms with van der Waals surface area (Å²) in [7, 11) is -4.01. The van der Waals surface area contributed by atoms with Crippen LogP contribution in [0, 0.1) is 0 Å². The average Bonchev–Trinajstić information content (AvgIpc) is 2.78. The van der Waals surface area contributed by atoms with Crippen LogP contribution in [0.2, 0.25) is 15.1 Å². The Kier molecular flexibility index (Phi) is 12.7. The molecule has 17 heteroatoms. The minimum absolute atomic E-state index is 0.0814. The Morgan fingerprint density at radius 1 is 0.763 bits per heavy atom. The number of hydrogen-bond acceptors (Lipinski definition) is 13. The zero-order valence-electron chi connectivity index (χ0n) is 20.5. The van der Waals surface area contributed by atoms with E-state index < -0.39 is 80.9 Å². The summed E-state index contributed by atoms with van der Waals surface area (Å²) in [6.07, 6.45) is -8.18. The van der Waals surface area contributed by atoms with E-state index in [1.54, 1.807) is 0 Å². The fourth-order valence-electron chi connectivity index (χ4n) is 2.87. The number of esters is 5. The molecule has 0 aromatic heterocycles. The molecule has 1 rings (SSSR count). The summed E-state index contributed by atoms with van der Waals surface area (Å²) in [5.41, 5.74) is 0.